The second kappa shape index (κ2) is 7.31. The maximum absolute atomic E-state index is 11.8. The first-order valence-electron chi connectivity index (χ1n) is 6.67. The molecule has 0 aliphatic heterocycles. The van der Waals surface area contributed by atoms with Crippen molar-refractivity contribution in [2.24, 2.45) is 5.73 Å². The van der Waals surface area contributed by atoms with Crippen LogP contribution in [0.25, 0.3) is 11.3 Å². The molecule has 0 saturated heterocycles. The van der Waals surface area contributed by atoms with Crippen LogP contribution in [-0.4, -0.2) is 30.6 Å². The lowest BCUT2D eigenvalue weighted by Crippen LogP contribution is -2.28. The molecule has 0 fully saturated rings. The van der Waals surface area contributed by atoms with Gasteiger partial charge in [0.05, 0.1) is 23.2 Å². The Morgan fingerprint density at radius 1 is 1.43 bits per heavy atom. The van der Waals surface area contributed by atoms with Crippen molar-refractivity contribution >= 4 is 22.9 Å². The van der Waals surface area contributed by atoms with Gasteiger partial charge in [0.15, 0.2) is 0 Å². The van der Waals surface area contributed by atoms with Crippen LogP contribution < -0.4 is 11.1 Å². The average Bonchev–Trinajstić information content (AvgIpc) is 2.92. The molecule has 0 saturated carbocycles. The van der Waals surface area contributed by atoms with Crippen LogP contribution in [0.15, 0.2) is 29.6 Å². The van der Waals surface area contributed by atoms with Crippen LogP contribution in [0, 0.1) is 6.92 Å². The van der Waals surface area contributed by atoms with E-state index in [1.165, 1.54) is 0 Å². The van der Waals surface area contributed by atoms with Crippen molar-refractivity contribution in [3.8, 4) is 11.3 Å². The lowest BCUT2D eigenvalue weighted by Gasteiger charge is -2.12. The van der Waals surface area contributed by atoms with E-state index in [9.17, 15) is 4.79 Å². The Morgan fingerprint density at radius 2 is 2.14 bits per heavy atom. The van der Waals surface area contributed by atoms with Gasteiger partial charge in [-0.2, -0.15) is 0 Å². The van der Waals surface area contributed by atoms with Gasteiger partial charge in [-0.15, -0.1) is 11.3 Å². The molecule has 0 spiro atoms. The third kappa shape index (κ3) is 4.35. The zero-order valence-electron chi connectivity index (χ0n) is 12.1. The Hall–Kier alpha value is -1.76. The molecule has 1 amide bonds. The molecule has 1 atom stereocenters. The number of nitrogens with zero attached hydrogens (tertiary/aromatic N) is 1. The predicted molar refractivity (Wildman–Crippen MR) is 85.4 cm³/mol. The van der Waals surface area contributed by atoms with E-state index in [-0.39, 0.29) is 18.4 Å². The highest BCUT2D eigenvalue weighted by atomic mass is 32.1. The minimum atomic E-state index is -0.248. The highest BCUT2D eigenvalue weighted by Crippen LogP contribution is 2.23. The van der Waals surface area contributed by atoms with Crippen LogP contribution in [0.3, 0.4) is 0 Å². The molecule has 0 radical (unpaired) electrons. The second-order valence-corrected chi connectivity index (χ2v) is 5.74. The molecule has 2 rings (SSSR count). The van der Waals surface area contributed by atoms with Crippen LogP contribution in [0.5, 0.6) is 0 Å². The van der Waals surface area contributed by atoms with E-state index >= 15 is 0 Å². The van der Waals surface area contributed by atoms with E-state index in [1.807, 2.05) is 36.6 Å². The molecule has 21 heavy (non-hydrogen) atoms. The molecule has 6 heteroatoms. The predicted octanol–water partition coefficient (Wildman–Crippen LogP) is 2.42. The highest BCUT2D eigenvalue weighted by molar-refractivity contribution is 7.09. The Balaban J connectivity index is 1.98. The molecule has 112 valence electrons. The fourth-order valence-corrected chi connectivity index (χ4v) is 2.52. The Morgan fingerprint density at radius 3 is 2.67 bits per heavy atom. The molecule has 3 N–H and O–H groups in total. The van der Waals surface area contributed by atoms with Gasteiger partial charge in [0, 0.05) is 30.3 Å². The number of hydrogen-bond acceptors (Lipinski definition) is 5. The largest absolute Gasteiger partial charge is 0.380 e. The third-order valence-corrected chi connectivity index (χ3v) is 3.87. The first-order valence-corrected chi connectivity index (χ1v) is 7.55. The van der Waals surface area contributed by atoms with Gasteiger partial charge >= 0.3 is 0 Å². The fraction of sp³-hybridized carbons (Fsp3) is 0.333. The summed E-state index contributed by atoms with van der Waals surface area (Å²) < 4.78 is 5.09. The number of nitrogens with one attached hydrogen (secondary N) is 1. The molecule has 1 aromatic carbocycles. The van der Waals surface area contributed by atoms with E-state index in [4.69, 9.17) is 10.5 Å². The van der Waals surface area contributed by atoms with E-state index in [1.54, 1.807) is 18.4 Å². The summed E-state index contributed by atoms with van der Waals surface area (Å²) in [5, 5.41) is 5.89. The number of carbonyl (C=O) groups is 1. The molecule has 0 aliphatic carbocycles. The minimum Gasteiger partial charge on any atom is -0.380 e. The summed E-state index contributed by atoms with van der Waals surface area (Å²) in [5.41, 5.74) is 8.25. The molecule has 0 aliphatic rings. The van der Waals surface area contributed by atoms with Crippen molar-refractivity contribution in [1.82, 2.24) is 4.98 Å². The number of methoxy groups -OCH3 is 1. The monoisotopic (exact) mass is 305 g/mol. The van der Waals surface area contributed by atoms with Gasteiger partial charge in [-0.05, 0) is 19.1 Å². The Labute approximate surface area is 128 Å². The van der Waals surface area contributed by atoms with Gasteiger partial charge in [0.25, 0.3) is 0 Å². The summed E-state index contributed by atoms with van der Waals surface area (Å²) in [6.45, 7) is 2.30. The number of hydrogen-bond donors (Lipinski definition) is 2. The normalized spacial score (nSPS) is 12.1. The third-order valence-electron chi connectivity index (χ3n) is 3.09. The first kappa shape index (κ1) is 15.6. The topological polar surface area (TPSA) is 77.2 Å². The lowest BCUT2D eigenvalue weighted by molar-refractivity contribution is -0.118. The highest BCUT2D eigenvalue weighted by Gasteiger charge is 2.11. The maximum atomic E-state index is 11.8. The van der Waals surface area contributed by atoms with Crippen LogP contribution in [0.4, 0.5) is 5.69 Å². The van der Waals surface area contributed by atoms with E-state index in [0.29, 0.717) is 6.54 Å². The molecule has 5 nitrogen and oxygen atoms in total. The maximum Gasteiger partial charge on any atom is 0.227 e. The number of ether oxygens (including phenoxy) is 1. The quantitative estimate of drug-likeness (QED) is 0.859. The number of rotatable bonds is 6. The fourth-order valence-electron chi connectivity index (χ4n) is 1.90. The summed E-state index contributed by atoms with van der Waals surface area (Å²) in [6, 6.07) is 7.63. The SMILES string of the molecule is COC(CN)CC(=O)Nc1ccc(-c2csc(C)n2)cc1. The van der Waals surface area contributed by atoms with Gasteiger partial charge in [-0.25, -0.2) is 4.98 Å². The summed E-state index contributed by atoms with van der Waals surface area (Å²) in [4.78, 5) is 16.3. The van der Waals surface area contributed by atoms with Crippen LogP contribution in [-0.2, 0) is 9.53 Å². The van der Waals surface area contributed by atoms with Crippen LogP contribution in [0.2, 0.25) is 0 Å². The molecule has 1 heterocycles. The van der Waals surface area contributed by atoms with Crippen LogP contribution >= 0.6 is 11.3 Å². The standard InChI is InChI=1S/C15H19N3O2S/c1-10-17-14(9-21-10)11-3-5-12(6-4-11)18-15(19)7-13(8-16)20-2/h3-6,9,13H,7-8,16H2,1-2H3,(H,18,19). The number of nitrogens with two attached hydrogens (primary N) is 1. The summed E-state index contributed by atoms with van der Waals surface area (Å²) in [5.74, 6) is -0.107. The van der Waals surface area contributed by atoms with Gasteiger partial charge in [0.1, 0.15) is 0 Å². The zero-order chi connectivity index (χ0) is 15.2. The van der Waals surface area contributed by atoms with Crippen molar-refractivity contribution in [3.05, 3.63) is 34.7 Å². The molecular formula is C15H19N3O2S. The van der Waals surface area contributed by atoms with Crippen LogP contribution in [0.1, 0.15) is 11.4 Å². The van der Waals surface area contributed by atoms with Gasteiger partial charge in [0.2, 0.25) is 5.91 Å². The van der Waals surface area contributed by atoms with Crippen molar-refractivity contribution in [2.45, 2.75) is 19.4 Å². The summed E-state index contributed by atoms with van der Waals surface area (Å²) in [7, 11) is 1.55. The van der Waals surface area contributed by atoms with Gasteiger partial charge < -0.3 is 15.8 Å². The number of carbonyl (C=O) groups excluding carboxylic acids is 1. The van der Waals surface area contributed by atoms with E-state index in [2.05, 4.69) is 10.3 Å². The van der Waals surface area contributed by atoms with Crippen molar-refractivity contribution in [3.63, 3.8) is 0 Å². The first-order chi connectivity index (χ1) is 10.1. The van der Waals surface area contributed by atoms with Gasteiger partial charge in [-0.3, -0.25) is 4.79 Å². The van der Waals surface area contributed by atoms with E-state index in [0.717, 1.165) is 22.0 Å². The Bertz CT molecular complexity index is 591. The number of thiazole rings is 1. The smallest absolute Gasteiger partial charge is 0.227 e. The molecule has 1 aromatic heterocycles. The number of anilines is 1. The number of aromatic nitrogens is 1. The molecule has 0 bridgehead atoms. The van der Waals surface area contributed by atoms with Gasteiger partial charge in [-0.1, -0.05) is 12.1 Å². The van der Waals surface area contributed by atoms with Crippen molar-refractivity contribution in [2.75, 3.05) is 19.0 Å². The molecule has 2 aromatic rings. The summed E-state index contributed by atoms with van der Waals surface area (Å²) >= 11 is 1.62. The molecular weight excluding hydrogens is 286 g/mol. The minimum absolute atomic E-state index is 0.107. The average molecular weight is 305 g/mol. The zero-order valence-corrected chi connectivity index (χ0v) is 12.9. The van der Waals surface area contributed by atoms with Crippen molar-refractivity contribution in [1.29, 1.82) is 0 Å². The Kier molecular flexibility index (Phi) is 5.44. The van der Waals surface area contributed by atoms with Crippen molar-refractivity contribution < 1.29 is 9.53 Å². The van der Waals surface area contributed by atoms with E-state index < -0.39 is 0 Å². The lowest BCUT2D eigenvalue weighted by atomic mass is 10.1. The number of aryl methyl sites for hydroxylation is 1. The number of amides is 1. The number of benzene rings is 1. The summed E-state index contributed by atoms with van der Waals surface area (Å²) in [6.07, 6.45) is 0.00212. The second-order valence-electron chi connectivity index (χ2n) is 4.67. The molecule has 1 unspecified atom stereocenters.